The molecule has 0 bridgehead atoms. The lowest BCUT2D eigenvalue weighted by atomic mass is 10.0. The van der Waals surface area contributed by atoms with Gasteiger partial charge in [0.15, 0.2) is 0 Å². The van der Waals surface area contributed by atoms with Crippen LogP contribution in [0, 0.1) is 11.3 Å². The smallest absolute Gasteiger partial charge is 0.121 e. The van der Waals surface area contributed by atoms with E-state index in [9.17, 15) is 5.26 Å². The van der Waals surface area contributed by atoms with E-state index in [2.05, 4.69) is 30.4 Å². The molecule has 0 aliphatic rings. The van der Waals surface area contributed by atoms with Gasteiger partial charge in [-0.15, -0.1) is 0 Å². The monoisotopic (exact) mass is 252 g/mol. The molecule has 0 spiro atoms. The van der Waals surface area contributed by atoms with Gasteiger partial charge in [0.2, 0.25) is 0 Å². The minimum absolute atomic E-state index is 0. The number of benzene rings is 2. The molecule has 2 aromatic rings. The van der Waals surface area contributed by atoms with Crippen molar-refractivity contribution < 1.29 is 0 Å². The highest BCUT2D eigenvalue weighted by atomic mass is 14.9. The first-order chi connectivity index (χ1) is 8.81. The molecule has 2 rings (SSSR count). The van der Waals surface area contributed by atoms with Crippen LogP contribution in [0.2, 0.25) is 0 Å². The second-order valence-electron chi connectivity index (χ2n) is 4.27. The van der Waals surface area contributed by atoms with Crippen LogP contribution in [0.4, 0.5) is 0 Å². The summed E-state index contributed by atoms with van der Waals surface area (Å²) in [5.74, 6) is 0. The Balaban J connectivity index is 0.00000180. The Morgan fingerprint density at radius 2 is 1.37 bits per heavy atom. The number of nitrogens with zero attached hydrogens (tertiary/aromatic N) is 1. The van der Waals surface area contributed by atoms with Crippen LogP contribution in [-0.4, -0.2) is 0 Å². The molecule has 0 aliphatic carbocycles. The molecule has 19 heavy (non-hydrogen) atoms. The second kappa shape index (κ2) is 7.35. The summed E-state index contributed by atoms with van der Waals surface area (Å²) in [7, 11) is 0. The molecule has 0 radical (unpaired) electrons. The summed E-state index contributed by atoms with van der Waals surface area (Å²) in [6.07, 6.45) is 0. The number of hydrogen-bond acceptors (Lipinski definition) is 2. The Morgan fingerprint density at radius 3 is 1.84 bits per heavy atom. The molecule has 0 heterocycles. The first-order valence-corrected chi connectivity index (χ1v) is 6.07. The summed E-state index contributed by atoms with van der Waals surface area (Å²) < 4.78 is 0. The molecular weight excluding hydrogens is 232 g/mol. The minimum atomic E-state index is -0.276. The molecule has 0 fully saturated rings. The van der Waals surface area contributed by atoms with Crippen molar-refractivity contribution in [3.8, 4) is 6.07 Å². The lowest BCUT2D eigenvalue weighted by Gasteiger charge is -2.18. The van der Waals surface area contributed by atoms with Crippen molar-refractivity contribution in [2.75, 3.05) is 0 Å². The number of hydrogen-bond donors (Lipinski definition) is 1. The van der Waals surface area contributed by atoms with Crippen LogP contribution in [0.15, 0.2) is 60.7 Å². The van der Waals surface area contributed by atoms with Crippen molar-refractivity contribution in [2.45, 2.75) is 26.4 Å². The van der Waals surface area contributed by atoms with E-state index in [1.165, 1.54) is 5.56 Å². The fourth-order valence-electron chi connectivity index (χ4n) is 1.94. The van der Waals surface area contributed by atoms with Crippen molar-refractivity contribution in [1.29, 1.82) is 5.26 Å². The van der Waals surface area contributed by atoms with Gasteiger partial charge in [0, 0.05) is 6.04 Å². The van der Waals surface area contributed by atoms with Gasteiger partial charge in [-0.2, -0.15) is 5.26 Å². The summed E-state index contributed by atoms with van der Waals surface area (Å²) in [5.41, 5.74) is 2.19. The van der Waals surface area contributed by atoms with Crippen molar-refractivity contribution in [2.24, 2.45) is 0 Å². The SMILES string of the molecule is C.CC(NC(C#N)c1ccccc1)c1ccccc1. The predicted molar refractivity (Wildman–Crippen MR) is 79.5 cm³/mol. The van der Waals surface area contributed by atoms with Gasteiger partial charge in [0.05, 0.1) is 6.07 Å². The lowest BCUT2D eigenvalue weighted by Crippen LogP contribution is -2.23. The fourth-order valence-corrected chi connectivity index (χ4v) is 1.94. The molecule has 2 heteroatoms. The van der Waals surface area contributed by atoms with Gasteiger partial charge in [0.25, 0.3) is 0 Å². The Labute approximate surface area is 115 Å². The fraction of sp³-hybridized carbons (Fsp3) is 0.235. The van der Waals surface area contributed by atoms with E-state index in [-0.39, 0.29) is 19.5 Å². The first-order valence-electron chi connectivity index (χ1n) is 6.07. The predicted octanol–water partition coefficient (Wildman–Crippen LogP) is 4.24. The standard InChI is InChI=1S/C16H16N2.CH4/c1-13(14-8-4-2-5-9-14)18-16(12-17)15-10-6-3-7-11-15;/h2-11,13,16,18H,1H3;1H4. The lowest BCUT2D eigenvalue weighted by molar-refractivity contribution is 0.533. The van der Waals surface area contributed by atoms with Crippen LogP contribution in [0.25, 0.3) is 0 Å². The molecular formula is C17H20N2. The molecule has 1 N–H and O–H groups in total. The topological polar surface area (TPSA) is 35.8 Å². The minimum Gasteiger partial charge on any atom is -0.292 e. The highest BCUT2D eigenvalue weighted by Crippen LogP contribution is 2.18. The van der Waals surface area contributed by atoms with Crippen LogP contribution in [0.5, 0.6) is 0 Å². The van der Waals surface area contributed by atoms with E-state index < -0.39 is 0 Å². The number of nitrogens with one attached hydrogen (secondary N) is 1. The van der Waals surface area contributed by atoms with Gasteiger partial charge >= 0.3 is 0 Å². The average Bonchev–Trinajstić information content (AvgIpc) is 2.46. The molecule has 0 aliphatic heterocycles. The molecule has 0 amide bonds. The van der Waals surface area contributed by atoms with E-state index in [0.717, 1.165) is 5.56 Å². The third kappa shape index (κ3) is 3.94. The summed E-state index contributed by atoms with van der Waals surface area (Å²) in [6, 6.07) is 22.1. The van der Waals surface area contributed by atoms with Crippen LogP contribution in [0.1, 0.15) is 37.6 Å². The Bertz CT molecular complexity index is 514. The van der Waals surface area contributed by atoms with E-state index in [0.29, 0.717) is 0 Å². The van der Waals surface area contributed by atoms with Gasteiger partial charge in [-0.1, -0.05) is 68.1 Å². The molecule has 2 atom stereocenters. The van der Waals surface area contributed by atoms with E-state index in [4.69, 9.17) is 0 Å². The van der Waals surface area contributed by atoms with Crippen LogP contribution >= 0.6 is 0 Å². The highest BCUT2D eigenvalue weighted by molar-refractivity contribution is 5.25. The molecule has 0 aromatic heterocycles. The molecule has 98 valence electrons. The van der Waals surface area contributed by atoms with Crippen molar-refractivity contribution in [3.05, 3.63) is 71.8 Å². The van der Waals surface area contributed by atoms with Crippen molar-refractivity contribution >= 4 is 0 Å². The molecule has 0 saturated carbocycles. The maximum absolute atomic E-state index is 9.26. The van der Waals surface area contributed by atoms with Gasteiger partial charge in [0.1, 0.15) is 6.04 Å². The Kier molecular flexibility index (Phi) is 5.78. The first kappa shape index (κ1) is 14.9. The third-order valence-electron chi connectivity index (χ3n) is 2.98. The van der Waals surface area contributed by atoms with Crippen LogP contribution in [-0.2, 0) is 0 Å². The summed E-state index contributed by atoms with van der Waals surface area (Å²) in [4.78, 5) is 0. The number of nitriles is 1. The maximum Gasteiger partial charge on any atom is 0.121 e. The normalized spacial score (nSPS) is 12.8. The van der Waals surface area contributed by atoms with Gasteiger partial charge < -0.3 is 0 Å². The second-order valence-corrected chi connectivity index (χ2v) is 4.27. The largest absolute Gasteiger partial charge is 0.292 e. The van der Waals surface area contributed by atoms with E-state index in [1.54, 1.807) is 0 Å². The summed E-state index contributed by atoms with van der Waals surface area (Å²) in [5, 5.41) is 12.6. The van der Waals surface area contributed by atoms with Gasteiger partial charge in [-0.3, -0.25) is 5.32 Å². The quantitative estimate of drug-likeness (QED) is 0.883. The molecule has 2 unspecified atom stereocenters. The molecule has 2 aromatic carbocycles. The average molecular weight is 252 g/mol. The zero-order chi connectivity index (χ0) is 12.8. The zero-order valence-corrected chi connectivity index (χ0v) is 10.4. The maximum atomic E-state index is 9.26. The van der Waals surface area contributed by atoms with E-state index >= 15 is 0 Å². The molecule has 2 nitrogen and oxygen atoms in total. The number of rotatable bonds is 4. The van der Waals surface area contributed by atoms with Gasteiger partial charge in [-0.05, 0) is 18.1 Å². The zero-order valence-electron chi connectivity index (χ0n) is 10.4. The third-order valence-corrected chi connectivity index (χ3v) is 2.98. The van der Waals surface area contributed by atoms with E-state index in [1.807, 2.05) is 48.5 Å². The van der Waals surface area contributed by atoms with Crippen molar-refractivity contribution in [1.82, 2.24) is 5.32 Å². The molecule has 0 saturated heterocycles. The summed E-state index contributed by atoms with van der Waals surface area (Å²) >= 11 is 0. The summed E-state index contributed by atoms with van der Waals surface area (Å²) in [6.45, 7) is 2.07. The van der Waals surface area contributed by atoms with Crippen LogP contribution < -0.4 is 5.32 Å². The Morgan fingerprint density at radius 1 is 0.895 bits per heavy atom. The highest BCUT2D eigenvalue weighted by Gasteiger charge is 2.13. The van der Waals surface area contributed by atoms with Crippen LogP contribution in [0.3, 0.4) is 0 Å². The van der Waals surface area contributed by atoms with Gasteiger partial charge in [-0.25, -0.2) is 0 Å². The Hall–Kier alpha value is -2.11. The van der Waals surface area contributed by atoms with Crippen molar-refractivity contribution in [3.63, 3.8) is 0 Å².